The Kier molecular flexibility index (Phi) is 4.87. The number of halogens is 4. The summed E-state index contributed by atoms with van der Waals surface area (Å²) in [7, 11) is -3.74. The third kappa shape index (κ3) is 3.59. The molecular weight excluding hydrogens is 408 g/mol. The van der Waals surface area contributed by atoms with Crippen LogP contribution in [0.25, 0.3) is 0 Å². The highest BCUT2D eigenvalue weighted by molar-refractivity contribution is 9.10. The first-order chi connectivity index (χ1) is 9.29. The van der Waals surface area contributed by atoms with Crippen molar-refractivity contribution in [3.8, 4) is 0 Å². The van der Waals surface area contributed by atoms with Gasteiger partial charge in [-0.1, -0.05) is 34.8 Å². The zero-order valence-electron chi connectivity index (χ0n) is 9.70. The van der Waals surface area contributed by atoms with Gasteiger partial charge in [0.05, 0.1) is 25.7 Å². The van der Waals surface area contributed by atoms with Gasteiger partial charge >= 0.3 is 0 Å². The van der Waals surface area contributed by atoms with E-state index in [2.05, 4.69) is 20.7 Å². The molecule has 0 fully saturated rings. The molecule has 2 aromatic rings. The molecule has 0 saturated heterocycles. The van der Waals surface area contributed by atoms with E-state index in [0.29, 0.717) is 20.2 Å². The second kappa shape index (κ2) is 6.12. The van der Waals surface area contributed by atoms with Crippen molar-refractivity contribution in [1.82, 2.24) is 0 Å². The molecule has 0 unspecified atom stereocenters. The van der Waals surface area contributed by atoms with Crippen molar-refractivity contribution in [2.75, 3.05) is 4.72 Å². The van der Waals surface area contributed by atoms with Crippen LogP contribution in [0, 0.1) is 0 Å². The molecule has 20 heavy (non-hydrogen) atoms. The van der Waals surface area contributed by atoms with E-state index in [1.807, 2.05) is 0 Å². The van der Waals surface area contributed by atoms with Gasteiger partial charge < -0.3 is 0 Å². The quantitative estimate of drug-likeness (QED) is 0.748. The predicted octanol–water partition coefficient (Wildman–Crippen LogP) is 5.21. The maximum absolute atomic E-state index is 12.2. The van der Waals surface area contributed by atoms with Crippen LogP contribution in [0.4, 0.5) is 5.69 Å². The van der Waals surface area contributed by atoms with E-state index < -0.39 is 10.0 Å². The predicted molar refractivity (Wildman–Crippen MR) is 86.4 cm³/mol. The Bertz CT molecular complexity index is 765. The SMILES string of the molecule is O=S(=O)(Nc1ccc(Cl)c(Br)c1)c1ccc(Cl)c(Cl)c1. The summed E-state index contributed by atoms with van der Waals surface area (Å²) in [6.45, 7) is 0. The molecule has 106 valence electrons. The molecule has 0 heterocycles. The van der Waals surface area contributed by atoms with E-state index in [4.69, 9.17) is 34.8 Å². The number of rotatable bonds is 3. The van der Waals surface area contributed by atoms with E-state index >= 15 is 0 Å². The topological polar surface area (TPSA) is 46.2 Å². The highest BCUT2D eigenvalue weighted by Gasteiger charge is 2.16. The van der Waals surface area contributed by atoms with Crippen LogP contribution in [0.1, 0.15) is 0 Å². The summed E-state index contributed by atoms with van der Waals surface area (Å²) in [6, 6.07) is 8.80. The van der Waals surface area contributed by atoms with E-state index in [1.165, 1.54) is 18.2 Å². The first kappa shape index (κ1) is 15.9. The zero-order valence-corrected chi connectivity index (χ0v) is 14.4. The molecule has 1 N–H and O–H groups in total. The lowest BCUT2D eigenvalue weighted by molar-refractivity contribution is 0.601. The summed E-state index contributed by atoms with van der Waals surface area (Å²) >= 11 is 20.7. The molecule has 0 radical (unpaired) electrons. The zero-order chi connectivity index (χ0) is 14.9. The van der Waals surface area contributed by atoms with Gasteiger partial charge in [0, 0.05) is 4.47 Å². The second-order valence-electron chi connectivity index (χ2n) is 3.81. The number of hydrogen-bond acceptors (Lipinski definition) is 2. The molecule has 0 atom stereocenters. The minimum Gasteiger partial charge on any atom is -0.280 e. The molecule has 0 saturated carbocycles. The monoisotopic (exact) mass is 413 g/mol. The van der Waals surface area contributed by atoms with Crippen molar-refractivity contribution in [2.45, 2.75) is 4.90 Å². The minimum atomic E-state index is -3.74. The molecule has 0 aliphatic carbocycles. The molecule has 2 aromatic carbocycles. The van der Waals surface area contributed by atoms with E-state index in [0.717, 1.165) is 0 Å². The van der Waals surface area contributed by atoms with Gasteiger partial charge in [0.25, 0.3) is 10.0 Å². The Balaban J connectivity index is 2.35. The fourth-order valence-electron chi connectivity index (χ4n) is 1.42. The summed E-state index contributed by atoms with van der Waals surface area (Å²) in [6.07, 6.45) is 0. The lowest BCUT2D eigenvalue weighted by atomic mass is 10.3. The van der Waals surface area contributed by atoms with Gasteiger partial charge in [0.1, 0.15) is 0 Å². The van der Waals surface area contributed by atoms with Crippen molar-refractivity contribution in [3.05, 3.63) is 55.9 Å². The molecule has 0 aliphatic heterocycles. The highest BCUT2D eigenvalue weighted by Crippen LogP contribution is 2.28. The Labute approximate surface area is 140 Å². The highest BCUT2D eigenvalue weighted by atomic mass is 79.9. The standard InChI is InChI=1S/C12H7BrCl3NO2S/c13-9-5-7(1-3-10(9)14)17-20(18,19)8-2-4-11(15)12(16)6-8/h1-6,17H. The number of hydrogen-bond donors (Lipinski definition) is 1. The molecule has 0 spiro atoms. The van der Waals surface area contributed by atoms with Crippen LogP contribution in [-0.4, -0.2) is 8.42 Å². The Morgan fingerprint density at radius 3 is 2.15 bits per heavy atom. The average Bonchev–Trinajstić information content (AvgIpc) is 2.37. The van der Waals surface area contributed by atoms with Crippen LogP contribution in [0.5, 0.6) is 0 Å². The number of benzene rings is 2. The third-order valence-corrected chi connectivity index (χ3v) is 5.71. The van der Waals surface area contributed by atoms with E-state index in [1.54, 1.807) is 18.2 Å². The molecule has 0 bridgehead atoms. The number of sulfonamides is 1. The molecule has 0 aliphatic rings. The van der Waals surface area contributed by atoms with Gasteiger partial charge in [0.2, 0.25) is 0 Å². The largest absolute Gasteiger partial charge is 0.280 e. The fourth-order valence-corrected chi connectivity index (χ4v) is 3.35. The van der Waals surface area contributed by atoms with E-state index in [-0.39, 0.29) is 9.92 Å². The van der Waals surface area contributed by atoms with Crippen LogP contribution in [0.3, 0.4) is 0 Å². The van der Waals surface area contributed by atoms with Crippen LogP contribution < -0.4 is 4.72 Å². The normalized spacial score (nSPS) is 11.4. The van der Waals surface area contributed by atoms with Gasteiger partial charge in [-0.25, -0.2) is 8.42 Å². The van der Waals surface area contributed by atoms with Gasteiger partial charge in [-0.2, -0.15) is 0 Å². The molecule has 0 aromatic heterocycles. The minimum absolute atomic E-state index is 0.0259. The Morgan fingerprint density at radius 1 is 0.900 bits per heavy atom. The van der Waals surface area contributed by atoms with Crippen LogP contribution in [0.15, 0.2) is 45.8 Å². The van der Waals surface area contributed by atoms with Crippen LogP contribution in [0.2, 0.25) is 15.1 Å². The average molecular weight is 416 g/mol. The lowest BCUT2D eigenvalue weighted by Gasteiger charge is -2.09. The van der Waals surface area contributed by atoms with E-state index in [9.17, 15) is 8.42 Å². The third-order valence-electron chi connectivity index (χ3n) is 2.37. The first-order valence-electron chi connectivity index (χ1n) is 5.22. The van der Waals surface area contributed by atoms with Gasteiger partial charge in [0.15, 0.2) is 0 Å². The maximum atomic E-state index is 12.2. The molecule has 2 rings (SSSR count). The summed E-state index contributed by atoms with van der Waals surface area (Å²) in [4.78, 5) is 0.0259. The first-order valence-corrected chi connectivity index (χ1v) is 8.63. The number of anilines is 1. The molecule has 0 amide bonds. The van der Waals surface area contributed by atoms with Gasteiger partial charge in [-0.3, -0.25) is 4.72 Å². The van der Waals surface area contributed by atoms with Crippen LogP contribution >= 0.6 is 50.7 Å². The molecular formula is C12H7BrCl3NO2S. The number of nitrogens with one attached hydrogen (secondary N) is 1. The molecule has 8 heteroatoms. The Morgan fingerprint density at radius 2 is 1.55 bits per heavy atom. The fraction of sp³-hybridized carbons (Fsp3) is 0. The lowest BCUT2D eigenvalue weighted by Crippen LogP contribution is -2.12. The van der Waals surface area contributed by atoms with Crippen LogP contribution in [-0.2, 0) is 10.0 Å². The summed E-state index contributed by atoms with van der Waals surface area (Å²) in [5.41, 5.74) is 0.382. The van der Waals surface area contributed by atoms with Crippen molar-refractivity contribution in [3.63, 3.8) is 0 Å². The van der Waals surface area contributed by atoms with Gasteiger partial charge in [-0.15, -0.1) is 0 Å². The van der Waals surface area contributed by atoms with Crippen molar-refractivity contribution in [2.24, 2.45) is 0 Å². The van der Waals surface area contributed by atoms with Crippen molar-refractivity contribution < 1.29 is 8.42 Å². The van der Waals surface area contributed by atoms with Crippen molar-refractivity contribution in [1.29, 1.82) is 0 Å². The Hall–Kier alpha value is -0.460. The van der Waals surface area contributed by atoms with Gasteiger partial charge in [-0.05, 0) is 52.3 Å². The summed E-state index contributed by atoms with van der Waals surface area (Å²) in [5, 5.41) is 0.953. The summed E-state index contributed by atoms with van der Waals surface area (Å²) in [5.74, 6) is 0. The summed E-state index contributed by atoms with van der Waals surface area (Å²) < 4.78 is 27.4. The second-order valence-corrected chi connectivity index (χ2v) is 7.57. The smallest absolute Gasteiger partial charge is 0.261 e. The van der Waals surface area contributed by atoms with Crippen molar-refractivity contribution >= 4 is 66.4 Å². The molecule has 3 nitrogen and oxygen atoms in total. The maximum Gasteiger partial charge on any atom is 0.261 e.